The molecular weight excluding hydrogens is 187 g/mol. The van der Waals surface area contributed by atoms with Crippen molar-refractivity contribution in [1.82, 2.24) is 0 Å². The van der Waals surface area contributed by atoms with Crippen LogP contribution in [-0.2, 0) is 0 Å². The van der Waals surface area contributed by atoms with E-state index in [0.29, 0.717) is 0 Å². The van der Waals surface area contributed by atoms with Crippen LogP contribution in [-0.4, -0.2) is 12.2 Å². The lowest BCUT2D eigenvalue weighted by molar-refractivity contribution is 0.412. The lowest BCUT2D eigenvalue weighted by atomic mass is 10.3. The van der Waals surface area contributed by atoms with Gasteiger partial charge in [0.05, 0.1) is 7.11 Å². The molecule has 0 aliphatic rings. The summed E-state index contributed by atoms with van der Waals surface area (Å²) in [6, 6.07) is 6.57. The molecule has 2 nitrogen and oxygen atoms in total. The summed E-state index contributed by atoms with van der Waals surface area (Å²) >= 11 is 0. The molecule has 0 aliphatic heterocycles. The maximum atomic E-state index is 8.80. The molecule has 64 valence electrons. The van der Waals surface area contributed by atoms with Crippen LogP contribution in [0, 0.1) is 0 Å². The predicted octanol–water partition coefficient (Wildman–Crippen LogP) is 2.24. The minimum Gasteiger partial charge on any atom is -0.508 e. The van der Waals surface area contributed by atoms with E-state index in [0.717, 1.165) is 5.75 Å². The summed E-state index contributed by atoms with van der Waals surface area (Å²) < 4.78 is 4.86. The summed E-state index contributed by atoms with van der Waals surface area (Å²) in [6.45, 7) is 0. The molecule has 1 N–H and O–H groups in total. The second-order valence-electron chi connectivity index (χ2n) is 1.70. The summed E-state index contributed by atoms with van der Waals surface area (Å²) in [7, 11) is 1.59. The monoisotopic (exact) mass is 196 g/mol. The second kappa shape index (κ2) is 6.13. The molecule has 0 fully saturated rings. The maximum absolute atomic E-state index is 8.80. The fraction of sp³-hybridized carbons (Fsp3) is 0.143. The van der Waals surface area contributed by atoms with E-state index >= 15 is 0 Å². The van der Waals surface area contributed by atoms with Crippen molar-refractivity contribution in [2.45, 2.75) is 0 Å². The number of ether oxygens (including phenoxy) is 1. The molecule has 11 heavy (non-hydrogen) atoms. The van der Waals surface area contributed by atoms with Crippen LogP contribution in [0.3, 0.4) is 0 Å². The molecule has 0 amide bonds. The van der Waals surface area contributed by atoms with Crippen LogP contribution >= 0.6 is 24.8 Å². The van der Waals surface area contributed by atoms with Crippen LogP contribution in [0.2, 0.25) is 0 Å². The van der Waals surface area contributed by atoms with Crippen LogP contribution in [0.25, 0.3) is 0 Å². The molecule has 0 saturated carbocycles. The fourth-order valence-corrected chi connectivity index (χ4v) is 0.582. The topological polar surface area (TPSA) is 29.5 Å². The SMILES string of the molecule is COc1ccc(O)cc1.Cl.Cl. The van der Waals surface area contributed by atoms with Crippen LogP contribution in [0.4, 0.5) is 0 Å². The van der Waals surface area contributed by atoms with Gasteiger partial charge in [0.1, 0.15) is 11.5 Å². The number of phenolic OH excluding ortho intramolecular Hbond substituents is 1. The van der Waals surface area contributed by atoms with Gasteiger partial charge < -0.3 is 9.84 Å². The van der Waals surface area contributed by atoms with E-state index in [2.05, 4.69) is 0 Å². The zero-order chi connectivity index (χ0) is 6.69. The first-order valence-corrected chi connectivity index (χ1v) is 2.66. The smallest absolute Gasteiger partial charge is 0.119 e. The van der Waals surface area contributed by atoms with Gasteiger partial charge in [-0.05, 0) is 24.3 Å². The van der Waals surface area contributed by atoms with Gasteiger partial charge in [0.15, 0.2) is 0 Å². The van der Waals surface area contributed by atoms with Gasteiger partial charge in [-0.3, -0.25) is 0 Å². The van der Waals surface area contributed by atoms with Crippen LogP contribution < -0.4 is 4.74 Å². The van der Waals surface area contributed by atoms with Crippen LogP contribution in [0.5, 0.6) is 11.5 Å². The van der Waals surface area contributed by atoms with Gasteiger partial charge in [-0.2, -0.15) is 0 Å². The lowest BCUT2D eigenvalue weighted by Crippen LogP contribution is -1.79. The van der Waals surface area contributed by atoms with Crippen molar-refractivity contribution < 1.29 is 9.84 Å². The average molecular weight is 197 g/mol. The number of hydrogen-bond donors (Lipinski definition) is 1. The van der Waals surface area contributed by atoms with Crippen LogP contribution in [0.1, 0.15) is 0 Å². The van der Waals surface area contributed by atoms with E-state index in [9.17, 15) is 0 Å². The third-order valence-electron chi connectivity index (χ3n) is 1.07. The molecule has 0 aliphatic carbocycles. The molecule has 0 heterocycles. The van der Waals surface area contributed by atoms with Crippen molar-refractivity contribution >= 4 is 24.8 Å². The Hall–Kier alpha value is -0.600. The van der Waals surface area contributed by atoms with E-state index in [1.807, 2.05) is 0 Å². The molecule has 0 aromatic heterocycles. The second-order valence-corrected chi connectivity index (χ2v) is 1.70. The lowest BCUT2D eigenvalue weighted by Gasteiger charge is -1.96. The fourth-order valence-electron chi connectivity index (χ4n) is 0.582. The van der Waals surface area contributed by atoms with Crippen molar-refractivity contribution in [2.24, 2.45) is 0 Å². The number of benzene rings is 1. The zero-order valence-electron chi connectivity index (χ0n) is 5.98. The Bertz CT molecular complexity index is 186. The Labute approximate surface area is 78.0 Å². The maximum Gasteiger partial charge on any atom is 0.119 e. The first-order chi connectivity index (χ1) is 4.33. The summed E-state index contributed by atoms with van der Waals surface area (Å²) in [5.74, 6) is 1.02. The zero-order valence-corrected chi connectivity index (χ0v) is 7.61. The Kier molecular flexibility index (Phi) is 7.26. The van der Waals surface area contributed by atoms with Crippen molar-refractivity contribution in [3.05, 3.63) is 24.3 Å². The standard InChI is InChI=1S/C7H8O2.2ClH/c1-9-7-4-2-6(8)3-5-7;;/h2-5,8H,1H3;2*1H. The van der Waals surface area contributed by atoms with E-state index in [1.54, 1.807) is 31.4 Å². The predicted molar refractivity (Wildman–Crippen MR) is 49.2 cm³/mol. The number of aromatic hydroxyl groups is 1. The molecule has 1 aromatic rings. The molecule has 1 rings (SSSR count). The highest BCUT2D eigenvalue weighted by molar-refractivity contribution is 5.85. The van der Waals surface area contributed by atoms with Gasteiger partial charge >= 0.3 is 0 Å². The average Bonchev–Trinajstić information content (AvgIpc) is 1.90. The van der Waals surface area contributed by atoms with Crippen molar-refractivity contribution in [1.29, 1.82) is 0 Å². The Morgan fingerprint density at radius 3 is 1.91 bits per heavy atom. The highest BCUT2D eigenvalue weighted by Gasteiger charge is 1.87. The van der Waals surface area contributed by atoms with E-state index in [-0.39, 0.29) is 30.6 Å². The minimum atomic E-state index is 0. The first kappa shape index (κ1) is 13.0. The summed E-state index contributed by atoms with van der Waals surface area (Å²) in [5.41, 5.74) is 0. The van der Waals surface area contributed by atoms with E-state index < -0.39 is 0 Å². The summed E-state index contributed by atoms with van der Waals surface area (Å²) in [5, 5.41) is 8.80. The molecule has 4 heteroatoms. The molecule has 0 spiro atoms. The largest absolute Gasteiger partial charge is 0.508 e. The number of rotatable bonds is 1. The molecule has 0 radical (unpaired) electrons. The molecule has 0 saturated heterocycles. The minimum absolute atomic E-state index is 0. The number of methoxy groups -OCH3 is 1. The molecule has 0 atom stereocenters. The Morgan fingerprint density at radius 1 is 1.09 bits per heavy atom. The van der Waals surface area contributed by atoms with Gasteiger partial charge in [-0.15, -0.1) is 24.8 Å². The van der Waals surface area contributed by atoms with Gasteiger partial charge in [0.25, 0.3) is 0 Å². The summed E-state index contributed by atoms with van der Waals surface area (Å²) in [6.07, 6.45) is 0. The third kappa shape index (κ3) is 3.96. The Balaban J connectivity index is 0. The normalized spacial score (nSPS) is 7.36. The molecule has 1 aromatic carbocycles. The van der Waals surface area contributed by atoms with Gasteiger partial charge in [-0.1, -0.05) is 0 Å². The van der Waals surface area contributed by atoms with Gasteiger partial charge in [0.2, 0.25) is 0 Å². The van der Waals surface area contributed by atoms with E-state index in [4.69, 9.17) is 9.84 Å². The van der Waals surface area contributed by atoms with Gasteiger partial charge in [-0.25, -0.2) is 0 Å². The molecule has 0 bridgehead atoms. The third-order valence-corrected chi connectivity index (χ3v) is 1.07. The number of halogens is 2. The van der Waals surface area contributed by atoms with Crippen LogP contribution in [0.15, 0.2) is 24.3 Å². The molecule has 0 unspecified atom stereocenters. The Morgan fingerprint density at radius 2 is 1.55 bits per heavy atom. The van der Waals surface area contributed by atoms with Crippen molar-refractivity contribution in [3.8, 4) is 11.5 Å². The van der Waals surface area contributed by atoms with Crippen molar-refractivity contribution in [3.63, 3.8) is 0 Å². The first-order valence-electron chi connectivity index (χ1n) is 2.66. The number of phenols is 1. The number of hydrogen-bond acceptors (Lipinski definition) is 2. The highest BCUT2D eigenvalue weighted by atomic mass is 35.5. The van der Waals surface area contributed by atoms with Gasteiger partial charge in [0, 0.05) is 0 Å². The molecular formula is C7H10Cl2O2. The quantitative estimate of drug-likeness (QED) is 0.747. The van der Waals surface area contributed by atoms with E-state index in [1.165, 1.54) is 0 Å². The summed E-state index contributed by atoms with van der Waals surface area (Å²) in [4.78, 5) is 0. The van der Waals surface area contributed by atoms with Crippen molar-refractivity contribution in [2.75, 3.05) is 7.11 Å². The highest BCUT2D eigenvalue weighted by Crippen LogP contribution is 2.14.